The van der Waals surface area contributed by atoms with Crippen molar-refractivity contribution in [3.05, 3.63) is 61.5 Å². The Labute approximate surface area is 132 Å². The molecule has 4 heteroatoms. The van der Waals surface area contributed by atoms with Crippen LogP contribution in [0.25, 0.3) is 0 Å². The van der Waals surface area contributed by atoms with Crippen LogP contribution in [0, 0.1) is 13.8 Å². The molecule has 0 atom stereocenters. The Morgan fingerprint density at radius 2 is 1.68 bits per heavy atom. The highest BCUT2D eigenvalue weighted by Gasteiger charge is 2.06. The second-order valence-electron chi connectivity index (χ2n) is 4.50. The second kappa shape index (κ2) is 6.17. The predicted octanol–water partition coefficient (Wildman–Crippen LogP) is 5.98. The first-order valence-electron chi connectivity index (χ1n) is 5.92. The van der Waals surface area contributed by atoms with Crippen LogP contribution in [-0.4, -0.2) is 0 Å². The Bertz CT molecular complexity index is 588. The van der Waals surface area contributed by atoms with Gasteiger partial charge in [0, 0.05) is 26.8 Å². The molecule has 0 aromatic heterocycles. The molecule has 0 bridgehead atoms. The quantitative estimate of drug-likeness (QED) is 0.710. The fourth-order valence-electron chi connectivity index (χ4n) is 2.05. The SMILES string of the molecule is Cc1cc(Br)cc(C)c1NCc1cc(Cl)ccc1Cl. The van der Waals surface area contributed by atoms with E-state index in [1.54, 1.807) is 6.07 Å². The van der Waals surface area contributed by atoms with Gasteiger partial charge in [-0.2, -0.15) is 0 Å². The summed E-state index contributed by atoms with van der Waals surface area (Å²) in [5.41, 5.74) is 4.53. The van der Waals surface area contributed by atoms with Gasteiger partial charge in [0.05, 0.1) is 0 Å². The van der Waals surface area contributed by atoms with Crippen molar-refractivity contribution in [1.82, 2.24) is 0 Å². The summed E-state index contributed by atoms with van der Waals surface area (Å²) in [5.74, 6) is 0. The maximum absolute atomic E-state index is 6.16. The van der Waals surface area contributed by atoms with E-state index in [9.17, 15) is 0 Å². The van der Waals surface area contributed by atoms with Gasteiger partial charge in [-0.25, -0.2) is 0 Å². The lowest BCUT2D eigenvalue weighted by Crippen LogP contribution is -2.03. The summed E-state index contributed by atoms with van der Waals surface area (Å²) in [4.78, 5) is 0. The number of rotatable bonds is 3. The summed E-state index contributed by atoms with van der Waals surface area (Å²) in [5, 5.41) is 4.85. The molecular weight excluding hydrogens is 345 g/mol. The second-order valence-corrected chi connectivity index (χ2v) is 6.26. The van der Waals surface area contributed by atoms with Gasteiger partial charge in [-0.3, -0.25) is 0 Å². The smallest absolute Gasteiger partial charge is 0.0456 e. The fraction of sp³-hybridized carbons (Fsp3) is 0.200. The molecule has 19 heavy (non-hydrogen) atoms. The molecule has 0 radical (unpaired) electrons. The van der Waals surface area contributed by atoms with Crippen LogP contribution in [0.5, 0.6) is 0 Å². The minimum Gasteiger partial charge on any atom is -0.380 e. The summed E-state index contributed by atoms with van der Waals surface area (Å²) < 4.78 is 1.09. The van der Waals surface area contributed by atoms with E-state index in [-0.39, 0.29) is 0 Å². The van der Waals surface area contributed by atoms with Gasteiger partial charge >= 0.3 is 0 Å². The lowest BCUT2D eigenvalue weighted by molar-refractivity contribution is 1.13. The molecule has 0 aliphatic heterocycles. The lowest BCUT2D eigenvalue weighted by atomic mass is 10.1. The predicted molar refractivity (Wildman–Crippen MR) is 87.4 cm³/mol. The van der Waals surface area contributed by atoms with E-state index < -0.39 is 0 Å². The lowest BCUT2D eigenvalue weighted by Gasteiger charge is -2.14. The van der Waals surface area contributed by atoms with Crippen LogP contribution in [0.1, 0.15) is 16.7 Å². The third-order valence-corrected chi connectivity index (χ3v) is 4.02. The van der Waals surface area contributed by atoms with E-state index in [2.05, 4.69) is 47.2 Å². The average molecular weight is 359 g/mol. The van der Waals surface area contributed by atoms with E-state index in [4.69, 9.17) is 23.2 Å². The van der Waals surface area contributed by atoms with Gasteiger partial charge in [0.2, 0.25) is 0 Å². The molecule has 0 amide bonds. The van der Waals surface area contributed by atoms with Crippen LogP contribution in [0.15, 0.2) is 34.8 Å². The number of halogens is 3. The fourth-order valence-corrected chi connectivity index (χ4v) is 3.12. The van der Waals surface area contributed by atoms with Gasteiger partial charge in [-0.15, -0.1) is 0 Å². The highest BCUT2D eigenvalue weighted by atomic mass is 79.9. The largest absolute Gasteiger partial charge is 0.380 e. The van der Waals surface area contributed by atoms with Gasteiger partial charge in [-0.1, -0.05) is 39.1 Å². The van der Waals surface area contributed by atoms with E-state index in [1.807, 2.05) is 12.1 Å². The summed E-state index contributed by atoms with van der Waals surface area (Å²) in [7, 11) is 0. The Balaban J connectivity index is 2.21. The molecule has 0 aliphatic carbocycles. The van der Waals surface area contributed by atoms with Gasteiger partial charge in [0.25, 0.3) is 0 Å². The van der Waals surface area contributed by atoms with Gasteiger partial charge in [0.15, 0.2) is 0 Å². The highest BCUT2D eigenvalue weighted by Crippen LogP contribution is 2.27. The molecule has 100 valence electrons. The normalized spacial score (nSPS) is 10.6. The van der Waals surface area contributed by atoms with Crippen LogP contribution in [-0.2, 0) is 6.54 Å². The van der Waals surface area contributed by atoms with Crippen molar-refractivity contribution < 1.29 is 0 Å². The van der Waals surface area contributed by atoms with Crippen molar-refractivity contribution in [2.24, 2.45) is 0 Å². The number of anilines is 1. The monoisotopic (exact) mass is 357 g/mol. The Morgan fingerprint density at radius 3 is 2.32 bits per heavy atom. The van der Waals surface area contributed by atoms with Crippen LogP contribution in [0.4, 0.5) is 5.69 Å². The number of hydrogen-bond acceptors (Lipinski definition) is 1. The number of aryl methyl sites for hydroxylation is 2. The van der Waals surface area contributed by atoms with Crippen LogP contribution in [0.3, 0.4) is 0 Å². The zero-order chi connectivity index (χ0) is 14.0. The molecule has 2 aromatic carbocycles. The van der Waals surface area contributed by atoms with Crippen molar-refractivity contribution in [3.8, 4) is 0 Å². The molecule has 2 aromatic rings. The molecule has 0 spiro atoms. The van der Waals surface area contributed by atoms with Crippen molar-refractivity contribution in [3.63, 3.8) is 0 Å². The molecule has 0 aliphatic rings. The van der Waals surface area contributed by atoms with Crippen molar-refractivity contribution >= 4 is 44.8 Å². The van der Waals surface area contributed by atoms with Crippen molar-refractivity contribution in [1.29, 1.82) is 0 Å². The first-order chi connectivity index (χ1) is 8.97. The minimum atomic E-state index is 0.655. The topological polar surface area (TPSA) is 12.0 Å². The summed E-state index contributed by atoms with van der Waals surface area (Å²) in [6.45, 7) is 4.82. The first-order valence-corrected chi connectivity index (χ1v) is 7.47. The highest BCUT2D eigenvalue weighted by molar-refractivity contribution is 9.10. The molecule has 0 fully saturated rings. The molecule has 0 unspecified atom stereocenters. The van der Waals surface area contributed by atoms with Gasteiger partial charge in [0.1, 0.15) is 0 Å². The first kappa shape index (κ1) is 14.7. The van der Waals surface area contributed by atoms with Crippen LogP contribution < -0.4 is 5.32 Å². The van der Waals surface area contributed by atoms with Crippen molar-refractivity contribution in [2.75, 3.05) is 5.32 Å². The Hall–Kier alpha value is -0.700. The standard InChI is InChI=1S/C15H14BrCl2N/c1-9-5-12(16)6-10(2)15(9)19-8-11-7-13(17)3-4-14(11)18/h3-7,19H,8H2,1-2H3. The van der Waals surface area contributed by atoms with E-state index in [1.165, 1.54) is 11.1 Å². The maximum atomic E-state index is 6.16. The molecular formula is C15H14BrCl2N. The molecule has 1 N–H and O–H groups in total. The van der Waals surface area contributed by atoms with E-state index in [0.717, 1.165) is 20.7 Å². The van der Waals surface area contributed by atoms with E-state index >= 15 is 0 Å². The van der Waals surface area contributed by atoms with Crippen LogP contribution in [0.2, 0.25) is 10.0 Å². The Morgan fingerprint density at radius 1 is 1.05 bits per heavy atom. The summed E-state index contributed by atoms with van der Waals surface area (Å²) >= 11 is 15.6. The Kier molecular flexibility index (Phi) is 4.77. The number of nitrogens with one attached hydrogen (secondary N) is 1. The maximum Gasteiger partial charge on any atom is 0.0456 e. The number of hydrogen-bond donors (Lipinski definition) is 1. The molecule has 2 rings (SSSR count). The minimum absolute atomic E-state index is 0.655. The average Bonchev–Trinajstić information content (AvgIpc) is 2.32. The third kappa shape index (κ3) is 3.65. The van der Waals surface area contributed by atoms with E-state index in [0.29, 0.717) is 11.6 Å². The summed E-state index contributed by atoms with van der Waals surface area (Å²) in [6.07, 6.45) is 0. The number of benzene rings is 2. The zero-order valence-electron chi connectivity index (χ0n) is 10.7. The van der Waals surface area contributed by atoms with Gasteiger partial charge < -0.3 is 5.32 Å². The third-order valence-electron chi connectivity index (χ3n) is 2.96. The zero-order valence-corrected chi connectivity index (χ0v) is 13.8. The van der Waals surface area contributed by atoms with Gasteiger partial charge in [-0.05, 0) is 60.9 Å². The molecule has 1 nitrogen and oxygen atoms in total. The summed E-state index contributed by atoms with van der Waals surface area (Å²) in [6, 6.07) is 9.69. The van der Waals surface area contributed by atoms with Crippen molar-refractivity contribution in [2.45, 2.75) is 20.4 Å². The molecule has 0 heterocycles. The van der Waals surface area contributed by atoms with Crippen LogP contribution >= 0.6 is 39.1 Å². The molecule has 0 saturated heterocycles. The molecule has 0 saturated carbocycles.